The Hall–Kier alpha value is -1.40. The minimum atomic E-state index is -10.7. The van der Waals surface area contributed by atoms with Crippen molar-refractivity contribution in [2.75, 3.05) is 12.4 Å². The Labute approximate surface area is 253 Å². The van der Waals surface area contributed by atoms with Crippen molar-refractivity contribution in [3.05, 3.63) is 60.2 Å². The summed E-state index contributed by atoms with van der Waals surface area (Å²) in [5.41, 5.74) is 1.43. The Balaban J connectivity index is 0.00000112. The summed E-state index contributed by atoms with van der Waals surface area (Å²) in [6.45, 7) is 5.44. The molecule has 0 aliphatic carbocycles. The predicted molar refractivity (Wildman–Crippen MR) is 171 cm³/mol. The van der Waals surface area contributed by atoms with Gasteiger partial charge in [0.1, 0.15) is 17.3 Å². The summed E-state index contributed by atoms with van der Waals surface area (Å²) in [5.74, 6) is 3.35. The van der Waals surface area contributed by atoms with E-state index in [1.165, 1.54) is 119 Å². The topological polar surface area (TPSA) is 9.23 Å². The first-order valence-electron chi connectivity index (χ1n) is 15.8. The van der Waals surface area contributed by atoms with Crippen LogP contribution in [0.2, 0.25) is 0 Å². The van der Waals surface area contributed by atoms with E-state index in [2.05, 4.69) is 68.4 Å². The van der Waals surface area contributed by atoms with Gasteiger partial charge in [-0.15, -0.1) is 0 Å². The van der Waals surface area contributed by atoms with Gasteiger partial charge in [-0.05, 0) is 37.6 Å². The van der Waals surface area contributed by atoms with Crippen LogP contribution < -0.4 is 4.74 Å². The summed E-state index contributed by atoms with van der Waals surface area (Å²) in [6.07, 6.45) is 22.5. The number of hydrogen-bond acceptors (Lipinski definition) is 1. The second-order valence-corrected chi connectivity index (χ2v) is 15.2. The van der Waals surface area contributed by atoms with Crippen LogP contribution in [0.1, 0.15) is 122 Å². The average Bonchev–Trinajstić information content (AvgIpc) is 2.93. The maximum atomic E-state index is 9.87. The van der Waals surface area contributed by atoms with E-state index >= 15 is 0 Å². The van der Waals surface area contributed by atoms with Gasteiger partial charge in [0.25, 0.3) is 0 Å². The fourth-order valence-electron chi connectivity index (χ4n) is 4.70. The number of unbranched alkanes of at least 4 members (excludes halogenated alkanes) is 15. The van der Waals surface area contributed by atoms with Crippen molar-refractivity contribution in [2.45, 2.75) is 127 Å². The fraction of sp³-hybridized carbons (Fsp3) is 0.636. The molecule has 42 heavy (non-hydrogen) atoms. The molecule has 0 N–H and O–H groups in total. The van der Waals surface area contributed by atoms with Crippen molar-refractivity contribution in [3.8, 4) is 5.75 Å². The normalized spacial score (nSPS) is 13.9. The van der Waals surface area contributed by atoms with E-state index in [0.717, 1.165) is 18.1 Å². The Bertz CT molecular complexity index is 912. The van der Waals surface area contributed by atoms with Crippen LogP contribution in [0.25, 0.3) is 0 Å². The molecular formula is C33H53F6OPS. The molecule has 0 aliphatic heterocycles. The summed E-state index contributed by atoms with van der Waals surface area (Å²) < 4.78 is 65.2. The summed E-state index contributed by atoms with van der Waals surface area (Å²) in [4.78, 5) is 1.45. The molecule has 0 spiro atoms. The molecule has 9 heteroatoms. The Kier molecular flexibility index (Phi) is 18.2. The first-order valence-corrected chi connectivity index (χ1v) is 19.4. The number of rotatable bonds is 22. The summed E-state index contributed by atoms with van der Waals surface area (Å²) in [5, 5.41) is 0. The van der Waals surface area contributed by atoms with Crippen molar-refractivity contribution < 1.29 is 29.9 Å². The second kappa shape index (κ2) is 19.8. The van der Waals surface area contributed by atoms with Gasteiger partial charge in [0, 0.05) is 16.5 Å². The van der Waals surface area contributed by atoms with E-state index in [0.29, 0.717) is 0 Å². The van der Waals surface area contributed by atoms with Gasteiger partial charge >= 0.3 is 33.0 Å². The molecular weight excluding hydrogens is 589 g/mol. The van der Waals surface area contributed by atoms with E-state index in [1.54, 1.807) is 0 Å². The molecule has 2 rings (SSSR count). The first kappa shape index (κ1) is 38.6. The van der Waals surface area contributed by atoms with Gasteiger partial charge in [-0.25, -0.2) is 0 Å². The number of ether oxygens (including phenoxy) is 1. The van der Waals surface area contributed by atoms with Crippen molar-refractivity contribution >= 4 is 18.7 Å². The van der Waals surface area contributed by atoms with E-state index in [9.17, 15) is 25.2 Å². The zero-order valence-electron chi connectivity index (χ0n) is 25.7. The SMILES string of the molecule is CCCCCCCCCCCCCCCCCCOc1ccc([S+](CC)Cc2ccccc2)cc1.F[P-](F)(F)(F)(F)F. The second-order valence-electron chi connectivity index (χ2n) is 11.0. The molecule has 2 aromatic carbocycles. The summed E-state index contributed by atoms with van der Waals surface area (Å²) >= 11 is 0. The molecule has 2 aromatic rings. The van der Waals surface area contributed by atoms with E-state index in [-0.39, 0.29) is 10.9 Å². The predicted octanol–water partition coefficient (Wildman–Crippen LogP) is 13.9. The van der Waals surface area contributed by atoms with Crippen LogP contribution in [0.5, 0.6) is 5.75 Å². The van der Waals surface area contributed by atoms with Crippen LogP contribution in [-0.4, -0.2) is 12.4 Å². The minimum absolute atomic E-state index is 0.272. The zero-order chi connectivity index (χ0) is 31.2. The molecule has 0 amide bonds. The quantitative estimate of drug-likeness (QED) is 0.0537. The standard InChI is InChI=1S/C33H53OS.F6P/c1-3-5-6-7-8-9-10-11-12-13-14-15-16-17-18-22-29-34-32-25-27-33(28-26-32)35(4-2)30-31-23-20-19-21-24-31;1-7(2,3,4,5)6/h19-21,23-28H,3-18,22,29-30H2,1-2H3;/q+1;-1. The van der Waals surface area contributed by atoms with Gasteiger partial charge in [0.15, 0.2) is 4.90 Å². The van der Waals surface area contributed by atoms with Gasteiger partial charge in [-0.1, -0.05) is 134 Å². The molecule has 0 saturated carbocycles. The van der Waals surface area contributed by atoms with Crippen LogP contribution >= 0.6 is 7.81 Å². The third-order valence-corrected chi connectivity index (χ3v) is 9.27. The van der Waals surface area contributed by atoms with E-state index in [1.807, 2.05) is 0 Å². The first-order chi connectivity index (χ1) is 19.8. The summed E-state index contributed by atoms with van der Waals surface area (Å²) in [6, 6.07) is 19.8. The van der Waals surface area contributed by atoms with Crippen molar-refractivity contribution in [1.29, 1.82) is 0 Å². The Morgan fingerprint density at radius 1 is 0.548 bits per heavy atom. The van der Waals surface area contributed by atoms with Crippen LogP contribution in [0.4, 0.5) is 25.2 Å². The van der Waals surface area contributed by atoms with Gasteiger partial charge in [0.2, 0.25) is 0 Å². The zero-order valence-corrected chi connectivity index (χ0v) is 27.4. The third-order valence-electron chi connectivity index (χ3n) is 6.96. The van der Waals surface area contributed by atoms with E-state index < -0.39 is 7.81 Å². The van der Waals surface area contributed by atoms with Gasteiger partial charge < -0.3 is 4.74 Å². The molecule has 0 radical (unpaired) electrons. The maximum absolute atomic E-state index is 10.7. The fourth-order valence-corrected chi connectivity index (χ4v) is 6.52. The molecule has 0 heterocycles. The molecule has 0 fully saturated rings. The molecule has 0 aliphatic rings. The summed E-state index contributed by atoms with van der Waals surface area (Å²) in [7, 11) is -10.4. The van der Waals surface area contributed by atoms with Crippen LogP contribution in [-0.2, 0) is 16.6 Å². The van der Waals surface area contributed by atoms with Crippen LogP contribution in [0, 0.1) is 0 Å². The molecule has 0 bridgehead atoms. The molecule has 1 nitrogen and oxygen atoms in total. The Morgan fingerprint density at radius 2 is 0.952 bits per heavy atom. The van der Waals surface area contributed by atoms with Gasteiger partial charge in [0.05, 0.1) is 6.61 Å². The molecule has 1 unspecified atom stereocenters. The monoisotopic (exact) mass is 642 g/mol. The number of halogens is 6. The number of benzene rings is 2. The van der Waals surface area contributed by atoms with Crippen molar-refractivity contribution in [3.63, 3.8) is 0 Å². The van der Waals surface area contributed by atoms with Crippen LogP contribution in [0.15, 0.2) is 59.5 Å². The van der Waals surface area contributed by atoms with Gasteiger partial charge in [-0.3, -0.25) is 0 Å². The molecule has 1 atom stereocenters. The molecule has 0 saturated heterocycles. The molecule has 244 valence electrons. The van der Waals surface area contributed by atoms with Crippen molar-refractivity contribution in [2.24, 2.45) is 0 Å². The van der Waals surface area contributed by atoms with Gasteiger partial charge in [-0.2, -0.15) is 0 Å². The third kappa shape index (κ3) is 26.2. The number of hydrogen-bond donors (Lipinski definition) is 0. The van der Waals surface area contributed by atoms with Crippen LogP contribution in [0.3, 0.4) is 0 Å². The molecule has 0 aromatic heterocycles. The average molecular weight is 643 g/mol. The van der Waals surface area contributed by atoms with E-state index in [4.69, 9.17) is 4.74 Å². The Morgan fingerprint density at radius 3 is 1.36 bits per heavy atom. The van der Waals surface area contributed by atoms with Crippen molar-refractivity contribution in [1.82, 2.24) is 0 Å².